The molecule has 0 spiro atoms. The second-order valence-electron chi connectivity index (χ2n) is 5.95. The maximum Gasteiger partial charge on any atom is 0.266 e. The summed E-state index contributed by atoms with van der Waals surface area (Å²) in [7, 11) is 4.51. The zero-order valence-electron chi connectivity index (χ0n) is 16.6. The Morgan fingerprint density at radius 2 is 1.73 bits per heavy atom. The number of aromatic nitrogens is 1. The van der Waals surface area contributed by atoms with Crippen LogP contribution in [0.3, 0.4) is 0 Å². The van der Waals surface area contributed by atoms with Crippen LogP contribution in [0.5, 0.6) is 17.2 Å². The van der Waals surface area contributed by atoms with Crippen LogP contribution in [-0.4, -0.2) is 32.2 Å². The van der Waals surface area contributed by atoms with E-state index < -0.39 is 5.91 Å². The van der Waals surface area contributed by atoms with Gasteiger partial charge in [-0.25, -0.2) is 0 Å². The number of hydrogen-bond acceptors (Lipinski definition) is 6. The van der Waals surface area contributed by atoms with Gasteiger partial charge in [-0.1, -0.05) is 6.07 Å². The van der Waals surface area contributed by atoms with E-state index in [9.17, 15) is 10.1 Å². The number of nitriles is 1. The summed E-state index contributed by atoms with van der Waals surface area (Å²) in [5.41, 5.74) is 1.74. The third kappa shape index (κ3) is 4.62. The lowest BCUT2D eigenvalue weighted by atomic mass is 10.1. The maximum atomic E-state index is 12.7. The summed E-state index contributed by atoms with van der Waals surface area (Å²) in [6, 6.07) is 14.3. The average molecular weight is 426 g/mol. The first-order valence-corrected chi connectivity index (χ1v) is 8.68. The summed E-state index contributed by atoms with van der Waals surface area (Å²) < 4.78 is 15.9. The minimum atomic E-state index is -0.541. The molecule has 1 aromatic heterocycles. The van der Waals surface area contributed by atoms with Crippen molar-refractivity contribution in [3.8, 4) is 23.3 Å². The smallest absolute Gasteiger partial charge is 0.266 e. The Morgan fingerprint density at radius 3 is 2.40 bits per heavy atom. The summed E-state index contributed by atoms with van der Waals surface area (Å²) in [5.74, 6) is 0.836. The predicted octanol–water partition coefficient (Wildman–Crippen LogP) is 4.23. The van der Waals surface area contributed by atoms with Crippen LogP contribution >= 0.6 is 12.4 Å². The maximum absolute atomic E-state index is 12.7. The highest BCUT2D eigenvalue weighted by atomic mass is 35.5. The molecule has 0 aliphatic rings. The van der Waals surface area contributed by atoms with Gasteiger partial charge in [-0.05, 0) is 36.4 Å². The van der Waals surface area contributed by atoms with Crippen molar-refractivity contribution in [3.63, 3.8) is 0 Å². The number of nitrogens with zero attached hydrogens (tertiary/aromatic N) is 2. The van der Waals surface area contributed by atoms with Crippen molar-refractivity contribution in [1.29, 1.82) is 5.26 Å². The number of amides is 1. The average Bonchev–Trinajstić information content (AvgIpc) is 2.76. The van der Waals surface area contributed by atoms with Gasteiger partial charge in [0, 0.05) is 23.2 Å². The highest BCUT2D eigenvalue weighted by Crippen LogP contribution is 2.35. The summed E-state index contributed by atoms with van der Waals surface area (Å²) in [6.45, 7) is 0. The quantitative estimate of drug-likeness (QED) is 0.469. The molecule has 0 aliphatic heterocycles. The summed E-state index contributed by atoms with van der Waals surface area (Å²) in [6.07, 6.45) is 3.12. The Balaban J connectivity index is 0.00000320. The lowest BCUT2D eigenvalue weighted by molar-refractivity contribution is -0.112. The van der Waals surface area contributed by atoms with Gasteiger partial charge in [-0.15, -0.1) is 12.4 Å². The number of anilines is 1. The largest absolute Gasteiger partial charge is 0.496 e. The number of benzene rings is 2. The monoisotopic (exact) mass is 425 g/mol. The number of ether oxygens (including phenoxy) is 3. The normalized spacial score (nSPS) is 10.5. The van der Waals surface area contributed by atoms with E-state index in [-0.39, 0.29) is 18.0 Å². The van der Waals surface area contributed by atoms with E-state index in [1.54, 1.807) is 36.5 Å². The molecule has 0 saturated heterocycles. The van der Waals surface area contributed by atoms with Gasteiger partial charge in [-0.2, -0.15) is 5.26 Å². The number of carbonyl (C=O) groups excluding carboxylic acids is 1. The molecule has 1 amide bonds. The zero-order chi connectivity index (χ0) is 20.8. The molecule has 3 rings (SSSR count). The van der Waals surface area contributed by atoms with E-state index >= 15 is 0 Å². The molecule has 7 nitrogen and oxygen atoms in total. The molecule has 30 heavy (non-hydrogen) atoms. The standard InChI is InChI=1S/C22H19N3O4.ClH/c1-27-19-12-21(29-3)20(28-2)11-14(19)10-15(13-23)22(26)25-18-8-4-7-17-16(18)6-5-9-24-17;/h4-12H,1-3H3,(H,25,26);1H. The molecule has 0 radical (unpaired) electrons. The Bertz CT molecular complexity index is 1130. The van der Waals surface area contributed by atoms with Crippen LogP contribution in [-0.2, 0) is 4.79 Å². The van der Waals surface area contributed by atoms with E-state index in [2.05, 4.69) is 10.3 Å². The minimum Gasteiger partial charge on any atom is -0.496 e. The first kappa shape index (κ1) is 22.5. The molecule has 0 fully saturated rings. The second kappa shape index (κ2) is 10.1. The summed E-state index contributed by atoms with van der Waals surface area (Å²) in [5, 5.41) is 13.1. The molecule has 154 valence electrons. The molecule has 0 saturated carbocycles. The topological polar surface area (TPSA) is 93.5 Å². The molecule has 2 aromatic carbocycles. The van der Waals surface area contributed by atoms with Gasteiger partial charge in [0.15, 0.2) is 11.5 Å². The van der Waals surface area contributed by atoms with Crippen molar-refractivity contribution in [2.24, 2.45) is 0 Å². The van der Waals surface area contributed by atoms with Gasteiger partial charge in [0.2, 0.25) is 0 Å². The SMILES string of the molecule is COc1cc(OC)c(OC)cc1C=C(C#N)C(=O)Nc1cccc2ncccc12.Cl. The molecule has 0 aliphatic carbocycles. The number of nitrogens with one attached hydrogen (secondary N) is 1. The number of carbonyl (C=O) groups is 1. The highest BCUT2D eigenvalue weighted by Gasteiger charge is 2.15. The molecular formula is C22H20ClN3O4. The van der Waals surface area contributed by atoms with Crippen LogP contribution in [0.2, 0.25) is 0 Å². The number of halogens is 1. The first-order chi connectivity index (χ1) is 14.1. The van der Waals surface area contributed by atoms with E-state index in [0.29, 0.717) is 28.5 Å². The van der Waals surface area contributed by atoms with Crippen LogP contribution < -0.4 is 19.5 Å². The van der Waals surface area contributed by atoms with E-state index in [1.165, 1.54) is 27.4 Å². The fourth-order valence-electron chi connectivity index (χ4n) is 2.87. The number of pyridine rings is 1. The van der Waals surface area contributed by atoms with E-state index in [1.807, 2.05) is 18.2 Å². The number of hydrogen-bond donors (Lipinski definition) is 1. The van der Waals surface area contributed by atoms with E-state index in [0.717, 1.165) is 10.9 Å². The van der Waals surface area contributed by atoms with Crippen LogP contribution in [0.25, 0.3) is 17.0 Å². The van der Waals surface area contributed by atoms with Gasteiger partial charge in [-0.3, -0.25) is 9.78 Å². The van der Waals surface area contributed by atoms with Gasteiger partial charge in [0.25, 0.3) is 5.91 Å². The minimum absolute atomic E-state index is 0. The molecule has 8 heteroatoms. The third-order valence-corrected chi connectivity index (χ3v) is 4.29. The molecule has 1 heterocycles. The highest BCUT2D eigenvalue weighted by molar-refractivity contribution is 6.12. The van der Waals surface area contributed by atoms with Gasteiger partial charge < -0.3 is 19.5 Å². The van der Waals surface area contributed by atoms with Crippen LogP contribution in [0, 0.1) is 11.3 Å². The molecule has 0 bridgehead atoms. The summed E-state index contributed by atoms with van der Waals surface area (Å²) >= 11 is 0. The van der Waals surface area contributed by atoms with Crippen molar-refractivity contribution in [3.05, 3.63) is 59.8 Å². The van der Waals surface area contributed by atoms with Crippen molar-refractivity contribution in [2.45, 2.75) is 0 Å². The number of methoxy groups -OCH3 is 3. The van der Waals surface area contributed by atoms with Crippen molar-refractivity contribution >= 4 is 41.0 Å². The van der Waals surface area contributed by atoms with Crippen LogP contribution in [0.15, 0.2) is 54.2 Å². The molecular weight excluding hydrogens is 406 g/mol. The van der Waals surface area contributed by atoms with Crippen molar-refractivity contribution < 1.29 is 19.0 Å². The second-order valence-corrected chi connectivity index (χ2v) is 5.95. The lowest BCUT2D eigenvalue weighted by Gasteiger charge is -2.12. The molecule has 0 unspecified atom stereocenters. The Labute approximate surface area is 180 Å². The third-order valence-electron chi connectivity index (χ3n) is 4.29. The zero-order valence-corrected chi connectivity index (χ0v) is 17.4. The van der Waals surface area contributed by atoms with Crippen molar-refractivity contribution in [1.82, 2.24) is 4.98 Å². The van der Waals surface area contributed by atoms with E-state index in [4.69, 9.17) is 14.2 Å². The Kier molecular flexibility index (Phi) is 7.62. The van der Waals surface area contributed by atoms with Crippen molar-refractivity contribution in [2.75, 3.05) is 26.6 Å². The Hall–Kier alpha value is -3.76. The molecule has 1 N–H and O–H groups in total. The predicted molar refractivity (Wildman–Crippen MR) is 117 cm³/mol. The van der Waals surface area contributed by atoms with Gasteiger partial charge in [0.1, 0.15) is 17.4 Å². The number of fused-ring (bicyclic) bond motifs is 1. The summed E-state index contributed by atoms with van der Waals surface area (Å²) in [4.78, 5) is 17.0. The number of rotatable bonds is 6. The molecule has 0 atom stereocenters. The van der Waals surface area contributed by atoms with Crippen LogP contribution in [0.1, 0.15) is 5.56 Å². The fourth-order valence-corrected chi connectivity index (χ4v) is 2.87. The first-order valence-electron chi connectivity index (χ1n) is 8.68. The van der Waals surface area contributed by atoms with Gasteiger partial charge >= 0.3 is 0 Å². The fraction of sp³-hybridized carbons (Fsp3) is 0.136. The van der Waals surface area contributed by atoms with Gasteiger partial charge in [0.05, 0.1) is 32.5 Å². The lowest BCUT2D eigenvalue weighted by Crippen LogP contribution is -2.13. The molecule has 3 aromatic rings. The van der Waals surface area contributed by atoms with Crippen LogP contribution in [0.4, 0.5) is 5.69 Å². The Morgan fingerprint density at radius 1 is 1.03 bits per heavy atom.